The summed E-state index contributed by atoms with van der Waals surface area (Å²) in [6, 6.07) is 0.505. The van der Waals surface area contributed by atoms with Crippen LogP contribution in [0.2, 0.25) is 0 Å². The molecule has 0 spiro atoms. The van der Waals surface area contributed by atoms with Crippen LogP contribution in [-0.2, 0) is 17.8 Å². The lowest BCUT2D eigenvalue weighted by Gasteiger charge is -2.38. The van der Waals surface area contributed by atoms with Gasteiger partial charge in [0.15, 0.2) is 0 Å². The second-order valence-corrected chi connectivity index (χ2v) is 10.4. The number of amides is 1. The van der Waals surface area contributed by atoms with E-state index in [-0.39, 0.29) is 17.5 Å². The van der Waals surface area contributed by atoms with Crippen molar-refractivity contribution < 1.29 is 4.79 Å². The molecule has 1 saturated carbocycles. The fourth-order valence-corrected chi connectivity index (χ4v) is 5.27. The molecule has 1 atom stereocenters. The maximum Gasteiger partial charge on any atom is 0.255 e. The Morgan fingerprint density at radius 3 is 2.52 bits per heavy atom. The van der Waals surface area contributed by atoms with E-state index in [1.54, 1.807) is 0 Å². The van der Waals surface area contributed by atoms with E-state index in [1.165, 1.54) is 25.7 Å². The highest BCUT2D eigenvalue weighted by Crippen LogP contribution is 2.34. The van der Waals surface area contributed by atoms with Crippen molar-refractivity contribution in [1.82, 2.24) is 19.8 Å². The number of aromatic amines is 1. The third kappa shape index (κ3) is 4.14. The van der Waals surface area contributed by atoms with Crippen molar-refractivity contribution in [2.24, 2.45) is 11.3 Å². The SMILES string of the molecule is CC1CCC(N2CCc3nc([C@@H]4CCCN4C(=O)C(C)(C)C)[nH]c(=O)c3C2)CC1. The molecule has 6 nitrogen and oxygen atoms in total. The van der Waals surface area contributed by atoms with Crippen molar-refractivity contribution in [2.45, 2.75) is 91.3 Å². The number of carbonyl (C=O) groups excluding carboxylic acids is 1. The minimum Gasteiger partial charge on any atom is -0.332 e. The van der Waals surface area contributed by atoms with Crippen LogP contribution in [0, 0.1) is 11.3 Å². The zero-order valence-corrected chi connectivity index (χ0v) is 18.5. The minimum atomic E-state index is -0.422. The average Bonchev–Trinajstić information content (AvgIpc) is 3.16. The molecular formula is C23H36N4O2. The largest absolute Gasteiger partial charge is 0.332 e. The number of nitrogens with one attached hydrogen (secondary N) is 1. The minimum absolute atomic E-state index is 0.00562. The van der Waals surface area contributed by atoms with Crippen LogP contribution >= 0.6 is 0 Å². The summed E-state index contributed by atoms with van der Waals surface area (Å²) in [5.74, 6) is 1.66. The molecule has 3 heterocycles. The van der Waals surface area contributed by atoms with Gasteiger partial charge in [0.1, 0.15) is 5.82 Å². The van der Waals surface area contributed by atoms with Crippen LogP contribution in [0.3, 0.4) is 0 Å². The third-order valence-corrected chi connectivity index (χ3v) is 7.09. The van der Waals surface area contributed by atoms with E-state index in [9.17, 15) is 9.59 Å². The summed E-state index contributed by atoms with van der Waals surface area (Å²) in [4.78, 5) is 38.2. The molecule has 1 aromatic heterocycles. The van der Waals surface area contributed by atoms with Gasteiger partial charge in [-0.2, -0.15) is 0 Å². The van der Waals surface area contributed by atoms with Crippen molar-refractivity contribution >= 4 is 5.91 Å². The Balaban J connectivity index is 1.54. The third-order valence-electron chi connectivity index (χ3n) is 7.09. The topological polar surface area (TPSA) is 69.3 Å². The normalized spacial score (nSPS) is 28.4. The number of hydrogen-bond acceptors (Lipinski definition) is 4. The van der Waals surface area contributed by atoms with Crippen LogP contribution in [0.25, 0.3) is 0 Å². The van der Waals surface area contributed by atoms with E-state index in [1.807, 2.05) is 25.7 Å². The Morgan fingerprint density at radius 2 is 1.83 bits per heavy atom. The molecule has 0 aromatic carbocycles. The fourth-order valence-electron chi connectivity index (χ4n) is 5.27. The zero-order chi connectivity index (χ0) is 20.8. The molecule has 4 rings (SSSR count). The van der Waals surface area contributed by atoms with Gasteiger partial charge in [-0.25, -0.2) is 4.98 Å². The predicted octanol–water partition coefficient (Wildman–Crippen LogP) is 3.42. The molecule has 0 bridgehead atoms. The number of rotatable bonds is 2. The maximum atomic E-state index is 13.0. The van der Waals surface area contributed by atoms with Crippen molar-refractivity contribution in [3.8, 4) is 0 Å². The Kier molecular flexibility index (Phi) is 5.58. The highest BCUT2D eigenvalue weighted by Gasteiger charge is 2.38. The fraction of sp³-hybridized carbons (Fsp3) is 0.783. The quantitative estimate of drug-likeness (QED) is 0.826. The van der Waals surface area contributed by atoms with E-state index >= 15 is 0 Å². The van der Waals surface area contributed by atoms with Crippen LogP contribution in [0.1, 0.15) is 89.3 Å². The van der Waals surface area contributed by atoms with E-state index in [0.717, 1.165) is 49.5 Å². The van der Waals surface area contributed by atoms with Crippen molar-refractivity contribution in [1.29, 1.82) is 0 Å². The molecule has 1 amide bonds. The number of fused-ring (bicyclic) bond motifs is 1. The molecule has 1 saturated heterocycles. The molecule has 29 heavy (non-hydrogen) atoms. The van der Waals surface area contributed by atoms with Crippen LogP contribution in [-0.4, -0.2) is 44.8 Å². The van der Waals surface area contributed by atoms with Gasteiger partial charge in [0.25, 0.3) is 5.56 Å². The lowest BCUT2D eigenvalue weighted by molar-refractivity contribution is -0.140. The highest BCUT2D eigenvalue weighted by molar-refractivity contribution is 5.82. The highest BCUT2D eigenvalue weighted by atomic mass is 16.2. The molecule has 1 N–H and O–H groups in total. The number of carbonyl (C=O) groups is 1. The van der Waals surface area contributed by atoms with E-state index < -0.39 is 5.41 Å². The molecule has 0 radical (unpaired) electrons. The van der Waals surface area contributed by atoms with Crippen molar-refractivity contribution in [3.63, 3.8) is 0 Å². The van der Waals surface area contributed by atoms with Gasteiger partial charge in [-0.3, -0.25) is 14.5 Å². The van der Waals surface area contributed by atoms with Crippen LogP contribution in [0.4, 0.5) is 0 Å². The van der Waals surface area contributed by atoms with Gasteiger partial charge in [0.2, 0.25) is 5.91 Å². The summed E-state index contributed by atoms with van der Waals surface area (Å²) in [7, 11) is 0. The van der Waals surface area contributed by atoms with Gasteiger partial charge < -0.3 is 9.88 Å². The van der Waals surface area contributed by atoms with Crippen LogP contribution < -0.4 is 5.56 Å². The molecule has 160 valence electrons. The van der Waals surface area contributed by atoms with Crippen LogP contribution in [0.15, 0.2) is 4.79 Å². The lowest BCUT2D eigenvalue weighted by atomic mass is 9.86. The van der Waals surface area contributed by atoms with Gasteiger partial charge in [0, 0.05) is 37.5 Å². The van der Waals surface area contributed by atoms with Gasteiger partial charge >= 0.3 is 0 Å². The van der Waals surface area contributed by atoms with Gasteiger partial charge in [0.05, 0.1) is 17.3 Å². The van der Waals surface area contributed by atoms with E-state index in [2.05, 4.69) is 16.8 Å². The number of H-pyrrole nitrogens is 1. The number of aromatic nitrogens is 2. The number of hydrogen-bond donors (Lipinski definition) is 1. The predicted molar refractivity (Wildman–Crippen MR) is 114 cm³/mol. The summed E-state index contributed by atoms with van der Waals surface area (Å²) in [5.41, 5.74) is 1.35. The smallest absolute Gasteiger partial charge is 0.255 e. The first kappa shape index (κ1) is 20.6. The van der Waals surface area contributed by atoms with Crippen molar-refractivity contribution in [2.75, 3.05) is 13.1 Å². The Morgan fingerprint density at radius 1 is 1.10 bits per heavy atom. The monoisotopic (exact) mass is 400 g/mol. The average molecular weight is 401 g/mol. The van der Waals surface area contributed by atoms with Crippen LogP contribution in [0.5, 0.6) is 0 Å². The van der Waals surface area contributed by atoms with Gasteiger partial charge in [-0.05, 0) is 44.4 Å². The summed E-state index contributed by atoms with van der Waals surface area (Å²) < 4.78 is 0. The molecule has 2 aliphatic heterocycles. The lowest BCUT2D eigenvalue weighted by Crippen LogP contribution is -2.44. The molecule has 0 unspecified atom stereocenters. The summed E-state index contributed by atoms with van der Waals surface area (Å²) in [6.07, 6.45) is 7.73. The summed E-state index contributed by atoms with van der Waals surface area (Å²) >= 11 is 0. The van der Waals surface area contributed by atoms with E-state index in [4.69, 9.17) is 4.98 Å². The Labute approximate surface area is 174 Å². The molecule has 2 fully saturated rings. The van der Waals surface area contributed by atoms with Crippen molar-refractivity contribution in [3.05, 3.63) is 27.4 Å². The first-order chi connectivity index (χ1) is 13.7. The molecular weight excluding hydrogens is 364 g/mol. The summed E-state index contributed by atoms with van der Waals surface area (Å²) in [5, 5.41) is 0. The summed E-state index contributed by atoms with van der Waals surface area (Å²) in [6.45, 7) is 10.6. The standard InChI is InChI=1S/C23H36N4O2/c1-15-7-9-16(10-8-15)26-13-11-18-17(14-26)21(28)25-20(24-18)19-6-5-12-27(19)22(29)23(2,3)4/h15-16,19H,5-14H2,1-4H3,(H,24,25,28)/t15?,16?,19-/m0/s1. The number of likely N-dealkylation sites (tertiary alicyclic amines) is 1. The first-order valence-electron chi connectivity index (χ1n) is 11.4. The second-order valence-electron chi connectivity index (χ2n) is 10.4. The Hall–Kier alpha value is -1.69. The molecule has 1 aromatic rings. The van der Waals surface area contributed by atoms with Gasteiger partial charge in [-0.1, -0.05) is 27.7 Å². The zero-order valence-electron chi connectivity index (χ0n) is 18.5. The number of nitrogens with zero attached hydrogens (tertiary/aromatic N) is 3. The molecule has 6 heteroatoms. The first-order valence-corrected chi connectivity index (χ1v) is 11.4. The van der Waals surface area contributed by atoms with Gasteiger partial charge in [-0.15, -0.1) is 0 Å². The molecule has 1 aliphatic carbocycles. The maximum absolute atomic E-state index is 13.0. The Bertz CT molecular complexity index is 817. The second kappa shape index (κ2) is 7.86. The molecule has 3 aliphatic rings. The van der Waals surface area contributed by atoms with E-state index in [0.29, 0.717) is 18.4 Å².